The molecule has 7 heteroatoms. The van der Waals surface area contributed by atoms with Crippen LogP contribution in [-0.4, -0.2) is 35.7 Å². The molecule has 0 fully saturated rings. The zero-order valence-corrected chi connectivity index (χ0v) is 19.9. The number of ether oxygens (including phenoxy) is 2. The molecule has 0 aliphatic carbocycles. The summed E-state index contributed by atoms with van der Waals surface area (Å²) in [4.78, 5) is 17.1. The van der Waals surface area contributed by atoms with Crippen LogP contribution in [0.1, 0.15) is 17.8 Å². The lowest BCUT2D eigenvalue weighted by Gasteiger charge is -2.11. The zero-order valence-electron chi connectivity index (χ0n) is 19.2. The van der Waals surface area contributed by atoms with Gasteiger partial charge in [-0.15, -0.1) is 0 Å². The molecule has 0 spiro atoms. The summed E-state index contributed by atoms with van der Waals surface area (Å²) in [5.74, 6) is 2.50. The van der Waals surface area contributed by atoms with Crippen LogP contribution in [0.3, 0.4) is 0 Å². The number of para-hydroxylation sites is 2. The predicted octanol–water partition coefficient (Wildman–Crippen LogP) is 5.07. The van der Waals surface area contributed by atoms with E-state index in [1.807, 2.05) is 54.6 Å². The molecule has 176 valence electrons. The normalized spacial score (nSPS) is 10.9. The van der Waals surface area contributed by atoms with E-state index in [4.69, 9.17) is 26.1 Å². The number of carbonyl (C=O) groups is 1. The Hall–Kier alpha value is -3.51. The Morgan fingerprint density at radius 3 is 2.65 bits per heavy atom. The van der Waals surface area contributed by atoms with Crippen molar-refractivity contribution in [2.24, 2.45) is 0 Å². The molecular formula is C27H28ClN3O3. The van der Waals surface area contributed by atoms with Gasteiger partial charge in [0.05, 0.1) is 31.2 Å². The monoisotopic (exact) mass is 477 g/mol. The van der Waals surface area contributed by atoms with E-state index in [2.05, 4.69) is 16.0 Å². The molecule has 0 unspecified atom stereocenters. The Balaban J connectivity index is 1.33. The first-order chi connectivity index (χ1) is 16.6. The number of halogens is 1. The van der Waals surface area contributed by atoms with Gasteiger partial charge in [-0.05, 0) is 48.4 Å². The van der Waals surface area contributed by atoms with Crippen molar-refractivity contribution >= 4 is 28.5 Å². The Morgan fingerprint density at radius 1 is 1.03 bits per heavy atom. The summed E-state index contributed by atoms with van der Waals surface area (Å²) in [5.41, 5.74) is 2.98. The van der Waals surface area contributed by atoms with Crippen molar-refractivity contribution in [1.82, 2.24) is 14.9 Å². The maximum atomic E-state index is 12.3. The van der Waals surface area contributed by atoms with Crippen molar-refractivity contribution in [2.45, 2.75) is 25.8 Å². The van der Waals surface area contributed by atoms with Gasteiger partial charge in [-0.1, -0.05) is 41.9 Å². The molecule has 4 rings (SSSR count). The summed E-state index contributed by atoms with van der Waals surface area (Å²) in [6.07, 6.45) is 1.81. The largest absolute Gasteiger partial charge is 0.497 e. The lowest BCUT2D eigenvalue weighted by atomic mass is 10.1. The molecule has 0 aliphatic heterocycles. The molecule has 1 aromatic heterocycles. The number of rotatable bonds is 11. The van der Waals surface area contributed by atoms with E-state index >= 15 is 0 Å². The molecular weight excluding hydrogens is 450 g/mol. The van der Waals surface area contributed by atoms with Gasteiger partial charge in [-0.3, -0.25) is 4.79 Å². The molecule has 34 heavy (non-hydrogen) atoms. The lowest BCUT2D eigenvalue weighted by molar-refractivity contribution is -0.120. The van der Waals surface area contributed by atoms with E-state index in [-0.39, 0.29) is 5.91 Å². The molecule has 4 aromatic rings. The standard InChI is InChI=1S/C27H28ClN3O3/c1-33-22-6-4-7-23(19-22)34-17-5-16-31-25-9-3-2-8-24(25)30-26(31)14-15-29-27(32)18-20-10-12-21(28)13-11-20/h2-4,6-13,19H,5,14-18H2,1H3,(H,29,32). The predicted molar refractivity (Wildman–Crippen MR) is 135 cm³/mol. The molecule has 0 atom stereocenters. The SMILES string of the molecule is COc1cccc(OCCCn2c(CCNC(=O)Cc3ccc(Cl)cc3)nc3ccccc32)c1. The molecule has 6 nitrogen and oxygen atoms in total. The van der Waals surface area contributed by atoms with Crippen LogP contribution in [0.25, 0.3) is 11.0 Å². The number of nitrogens with zero attached hydrogens (tertiary/aromatic N) is 2. The van der Waals surface area contributed by atoms with Crippen molar-refractivity contribution in [2.75, 3.05) is 20.3 Å². The smallest absolute Gasteiger partial charge is 0.224 e. The summed E-state index contributed by atoms with van der Waals surface area (Å²) in [5, 5.41) is 3.67. The summed E-state index contributed by atoms with van der Waals surface area (Å²) >= 11 is 5.91. The van der Waals surface area contributed by atoms with Crippen LogP contribution in [-0.2, 0) is 24.2 Å². The highest BCUT2D eigenvalue weighted by atomic mass is 35.5. The summed E-state index contributed by atoms with van der Waals surface area (Å²) in [6, 6.07) is 23.0. The van der Waals surface area contributed by atoms with E-state index in [1.54, 1.807) is 19.2 Å². The number of nitrogens with one attached hydrogen (secondary N) is 1. The fourth-order valence-corrected chi connectivity index (χ4v) is 3.96. The van der Waals surface area contributed by atoms with Gasteiger partial charge in [0.1, 0.15) is 17.3 Å². The van der Waals surface area contributed by atoms with Gasteiger partial charge >= 0.3 is 0 Å². The summed E-state index contributed by atoms with van der Waals surface area (Å²) in [7, 11) is 1.64. The number of methoxy groups -OCH3 is 1. The van der Waals surface area contributed by atoms with Crippen LogP contribution in [0, 0.1) is 0 Å². The van der Waals surface area contributed by atoms with Gasteiger partial charge in [0.15, 0.2) is 0 Å². The fourth-order valence-electron chi connectivity index (χ4n) is 3.83. The zero-order chi connectivity index (χ0) is 23.8. The molecule has 0 aliphatic rings. The number of hydrogen-bond donors (Lipinski definition) is 1. The van der Waals surface area contributed by atoms with E-state index in [1.165, 1.54) is 0 Å². The number of carbonyl (C=O) groups excluding carboxylic acids is 1. The molecule has 0 saturated heterocycles. The van der Waals surface area contributed by atoms with Crippen LogP contribution < -0.4 is 14.8 Å². The quantitative estimate of drug-likeness (QED) is 0.306. The van der Waals surface area contributed by atoms with Crippen LogP contribution in [0.5, 0.6) is 11.5 Å². The second-order valence-corrected chi connectivity index (χ2v) is 8.39. The molecule has 1 amide bonds. The maximum absolute atomic E-state index is 12.3. The minimum absolute atomic E-state index is 0.0170. The third kappa shape index (κ3) is 6.29. The van der Waals surface area contributed by atoms with Crippen molar-refractivity contribution in [1.29, 1.82) is 0 Å². The highest BCUT2D eigenvalue weighted by Crippen LogP contribution is 2.20. The number of fused-ring (bicyclic) bond motifs is 1. The third-order valence-electron chi connectivity index (χ3n) is 5.52. The lowest BCUT2D eigenvalue weighted by Crippen LogP contribution is -2.28. The molecule has 0 radical (unpaired) electrons. The molecule has 1 heterocycles. The van der Waals surface area contributed by atoms with Crippen molar-refractivity contribution < 1.29 is 14.3 Å². The average molecular weight is 478 g/mol. The first kappa shape index (κ1) is 23.6. The number of imidazole rings is 1. The molecule has 0 saturated carbocycles. The minimum Gasteiger partial charge on any atom is -0.497 e. The highest BCUT2D eigenvalue weighted by molar-refractivity contribution is 6.30. The van der Waals surface area contributed by atoms with Gasteiger partial charge in [0, 0.05) is 30.6 Å². The summed E-state index contributed by atoms with van der Waals surface area (Å²) in [6.45, 7) is 1.88. The number of aryl methyl sites for hydroxylation is 1. The Labute approximate surface area is 204 Å². The topological polar surface area (TPSA) is 65.4 Å². The average Bonchev–Trinajstić information content (AvgIpc) is 3.20. The van der Waals surface area contributed by atoms with E-state index in [0.29, 0.717) is 31.0 Å². The minimum atomic E-state index is -0.0170. The van der Waals surface area contributed by atoms with Crippen molar-refractivity contribution in [3.8, 4) is 11.5 Å². The first-order valence-corrected chi connectivity index (χ1v) is 11.7. The van der Waals surface area contributed by atoms with Gasteiger partial charge in [-0.25, -0.2) is 4.98 Å². The fraction of sp³-hybridized carbons (Fsp3) is 0.259. The number of aromatic nitrogens is 2. The van der Waals surface area contributed by atoms with E-state index in [0.717, 1.165) is 46.9 Å². The second-order valence-electron chi connectivity index (χ2n) is 7.95. The van der Waals surface area contributed by atoms with E-state index in [9.17, 15) is 4.79 Å². The first-order valence-electron chi connectivity index (χ1n) is 11.3. The molecule has 3 aromatic carbocycles. The van der Waals surface area contributed by atoms with Crippen molar-refractivity contribution in [3.05, 3.63) is 89.2 Å². The second kappa shape index (κ2) is 11.6. The van der Waals surface area contributed by atoms with Gasteiger partial charge in [0.25, 0.3) is 0 Å². The van der Waals surface area contributed by atoms with Crippen LogP contribution in [0.4, 0.5) is 0 Å². The van der Waals surface area contributed by atoms with Crippen LogP contribution in [0.2, 0.25) is 5.02 Å². The maximum Gasteiger partial charge on any atom is 0.224 e. The Bertz CT molecular complexity index is 1240. The van der Waals surface area contributed by atoms with Gasteiger partial charge in [-0.2, -0.15) is 0 Å². The summed E-state index contributed by atoms with van der Waals surface area (Å²) < 4.78 is 13.4. The molecule has 0 bridgehead atoms. The van der Waals surface area contributed by atoms with Gasteiger partial charge in [0.2, 0.25) is 5.91 Å². The van der Waals surface area contributed by atoms with Crippen molar-refractivity contribution in [3.63, 3.8) is 0 Å². The van der Waals surface area contributed by atoms with E-state index < -0.39 is 0 Å². The number of hydrogen-bond acceptors (Lipinski definition) is 4. The van der Waals surface area contributed by atoms with Crippen LogP contribution in [0.15, 0.2) is 72.8 Å². The molecule has 1 N–H and O–H groups in total. The number of amides is 1. The Kier molecular flexibility index (Phi) is 8.04. The van der Waals surface area contributed by atoms with Gasteiger partial charge < -0.3 is 19.4 Å². The Morgan fingerprint density at radius 2 is 1.82 bits per heavy atom. The highest BCUT2D eigenvalue weighted by Gasteiger charge is 2.11. The number of benzene rings is 3. The van der Waals surface area contributed by atoms with Crippen LogP contribution >= 0.6 is 11.6 Å². The third-order valence-corrected chi connectivity index (χ3v) is 5.77.